The van der Waals surface area contributed by atoms with Crippen molar-refractivity contribution in [1.29, 1.82) is 0 Å². The van der Waals surface area contributed by atoms with Crippen molar-refractivity contribution in [2.45, 2.75) is 18.9 Å². The van der Waals surface area contributed by atoms with Crippen LogP contribution < -0.4 is 5.32 Å². The zero-order valence-electron chi connectivity index (χ0n) is 13.0. The van der Waals surface area contributed by atoms with Crippen LogP contribution in [0, 0.1) is 5.82 Å². The monoisotopic (exact) mass is 312 g/mol. The molecule has 3 nitrogen and oxygen atoms in total. The summed E-state index contributed by atoms with van der Waals surface area (Å²) in [6.45, 7) is 2.96. The molecule has 0 aromatic heterocycles. The summed E-state index contributed by atoms with van der Waals surface area (Å²) in [6, 6.07) is 15.6. The second kappa shape index (κ2) is 7.38. The van der Waals surface area contributed by atoms with Crippen LogP contribution in [-0.2, 0) is 0 Å². The van der Waals surface area contributed by atoms with E-state index < -0.39 is 0 Å². The van der Waals surface area contributed by atoms with Gasteiger partial charge in [-0.05, 0) is 55.8 Å². The third-order valence-corrected chi connectivity index (χ3v) is 4.25. The molecule has 1 unspecified atom stereocenters. The predicted molar refractivity (Wildman–Crippen MR) is 88.7 cm³/mol. The molecule has 0 aliphatic carbocycles. The van der Waals surface area contributed by atoms with Gasteiger partial charge in [-0.1, -0.05) is 30.3 Å². The van der Waals surface area contributed by atoms with E-state index in [0.29, 0.717) is 5.56 Å². The Balaban J connectivity index is 1.74. The minimum Gasteiger partial charge on any atom is -0.344 e. The first-order valence-electron chi connectivity index (χ1n) is 8.06. The topological polar surface area (TPSA) is 32.3 Å². The molecule has 1 saturated heterocycles. The van der Waals surface area contributed by atoms with Crippen LogP contribution in [0.5, 0.6) is 0 Å². The number of nitrogens with one attached hydrogen (secondary N) is 1. The predicted octanol–water partition coefficient (Wildman–Crippen LogP) is 3.39. The number of carbonyl (C=O) groups is 1. The SMILES string of the molecule is O=C(NC(CN1CCCC1)c1ccccc1)c1ccc(F)cc1. The van der Waals surface area contributed by atoms with Crippen LogP contribution in [0.2, 0.25) is 0 Å². The molecule has 1 amide bonds. The average Bonchev–Trinajstić information content (AvgIpc) is 3.09. The van der Waals surface area contributed by atoms with Crippen LogP contribution in [0.4, 0.5) is 4.39 Å². The summed E-state index contributed by atoms with van der Waals surface area (Å²) in [4.78, 5) is 14.8. The van der Waals surface area contributed by atoms with Crippen LogP contribution in [0.3, 0.4) is 0 Å². The molecule has 1 aliphatic heterocycles. The van der Waals surface area contributed by atoms with Gasteiger partial charge in [0.15, 0.2) is 0 Å². The number of hydrogen-bond donors (Lipinski definition) is 1. The molecule has 1 aliphatic rings. The summed E-state index contributed by atoms with van der Waals surface area (Å²) in [5, 5.41) is 3.09. The van der Waals surface area contributed by atoms with E-state index in [1.165, 1.54) is 37.1 Å². The molecule has 1 N–H and O–H groups in total. The van der Waals surface area contributed by atoms with Gasteiger partial charge in [-0.2, -0.15) is 0 Å². The molecular formula is C19H21FN2O. The van der Waals surface area contributed by atoms with E-state index in [9.17, 15) is 9.18 Å². The number of halogens is 1. The minimum atomic E-state index is -0.335. The van der Waals surface area contributed by atoms with Crippen LogP contribution in [-0.4, -0.2) is 30.4 Å². The first kappa shape index (κ1) is 15.7. The van der Waals surface area contributed by atoms with Crippen LogP contribution in [0.15, 0.2) is 54.6 Å². The first-order valence-corrected chi connectivity index (χ1v) is 8.06. The lowest BCUT2D eigenvalue weighted by atomic mass is 10.1. The molecule has 23 heavy (non-hydrogen) atoms. The molecule has 120 valence electrons. The fourth-order valence-electron chi connectivity index (χ4n) is 2.99. The normalized spacial score (nSPS) is 16.2. The molecule has 0 spiro atoms. The van der Waals surface area contributed by atoms with Gasteiger partial charge in [0.05, 0.1) is 6.04 Å². The molecule has 2 aromatic rings. The van der Waals surface area contributed by atoms with Crippen molar-refractivity contribution in [3.63, 3.8) is 0 Å². The highest BCUT2D eigenvalue weighted by molar-refractivity contribution is 5.94. The molecule has 1 fully saturated rings. The summed E-state index contributed by atoms with van der Waals surface area (Å²) >= 11 is 0. The zero-order chi connectivity index (χ0) is 16.1. The van der Waals surface area contributed by atoms with Crippen molar-refractivity contribution >= 4 is 5.91 Å². The molecule has 1 heterocycles. The minimum absolute atomic E-state index is 0.0631. The van der Waals surface area contributed by atoms with Gasteiger partial charge in [0.25, 0.3) is 5.91 Å². The van der Waals surface area contributed by atoms with Gasteiger partial charge in [-0.25, -0.2) is 4.39 Å². The molecule has 0 bridgehead atoms. The molecule has 1 atom stereocenters. The van der Waals surface area contributed by atoms with E-state index in [1.807, 2.05) is 30.3 Å². The Morgan fingerprint density at radius 3 is 2.35 bits per heavy atom. The van der Waals surface area contributed by atoms with Gasteiger partial charge >= 0.3 is 0 Å². The highest BCUT2D eigenvalue weighted by Crippen LogP contribution is 2.18. The highest BCUT2D eigenvalue weighted by atomic mass is 19.1. The summed E-state index contributed by atoms with van der Waals surface area (Å²) in [5.41, 5.74) is 1.57. The fraction of sp³-hybridized carbons (Fsp3) is 0.316. The van der Waals surface area contributed by atoms with Gasteiger partial charge in [0.2, 0.25) is 0 Å². The van der Waals surface area contributed by atoms with Gasteiger partial charge in [-0.3, -0.25) is 4.79 Å². The highest BCUT2D eigenvalue weighted by Gasteiger charge is 2.21. The third-order valence-electron chi connectivity index (χ3n) is 4.25. The second-order valence-electron chi connectivity index (χ2n) is 5.95. The Labute approximate surface area is 136 Å². The van der Waals surface area contributed by atoms with Crippen LogP contribution in [0.25, 0.3) is 0 Å². The third kappa shape index (κ3) is 4.17. The van der Waals surface area contributed by atoms with Crippen molar-refractivity contribution in [3.05, 3.63) is 71.5 Å². The van der Waals surface area contributed by atoms with Crippen molar-refractivity contribution < 1.29 is 9.18 Å². The van der Waals surface area contributed by atoms with Crippen molar-refractivity contribution in [1.82, 2.24) is 10.2 Å². The van der Waals surface area contributed by atoms with E-state index in [-0.39, 0.29) is 17.8 Å². The Morgan fingerprint density at radius 2 is 1.70 bits per heavy atom. The summed E-state index contributed by atoms with van der Waals surface area (Å²) in [5.74, 6) is -0.503. The molecule has 4 heteroatoms. The lowest BCUT2D eigenvalue weighted by molar-refractivity contribution is 0.0927. The van der Waals surface area contributed by atoms with Gasteiger partial charge in [0, 0.05) is 12.1 Å². The van der Waals surface area contributed by atoms with Crippen molar-refractivity contribution in [2.24, 2.45) is 0 Å². The molecule has 3 rings (SSSR count). The van der Waals surface area contributed by atoms with E-state index in [1.54, 1.807) is 0 Å². The second-order valence-corrected chi connectivity index (χ2v) is 5.95. The number of likely N-dealkylation sites (tertiary alicyclic amines) is 1. The Morgan fingerprint density at radius 1 is 1.04 bits per heavy atom. The molecule has 2 aromatic carbocycles. The molecule has 0 saturated carbocycles. The van der Waals surface area contributed by atoms with E-state index in [0.717, 1.165) is 25.2 Å². The maximum absolute atomic E-state index is 13.0. The van der Waals surface area contributed by atoms with Gasteiger partial charge in [0.1, 0.15) is 5.82 Å². The fourth-order valence-corrected chi connectivity index (χ4v) is 2.99. The van der Waals surface area contributed by atoms with Gasteiger partial charge in [-0.15, -0.1) is 0 Å². The van der Waals surface area contributed by atoms with Crippen LogP contribution >= 0.6 is 0 Å². The summed E-state index contributed by atoms with van der Waals surface area (Å²) < 4.78 is 13.0. The van der Waals surface area contributed by atoms with E-state index in [2.05, 4.69) is 10.2 Å². The van der Waals surface area contributed by atoms with E-state index in [4.69, 9.17) is 0 Å². The number of amides is 1. The number of carbonyl (C=O) groups excluding carboxylic acids is 1. The number of hydrogen-bond acceptors (Lipinski definition) is 2. The van der Waals surface area contributed by atoms with Gasteiger partial charge < -0.3 is 10.2 Å². The average molecular weight is 312 g/mol. The first-order chi connectivity index (χ1) is 11.2. The Bertz CT molecular complexity index is 636. The van der Waals surface area contributed by atoms with Crippen molar-refractivity contribution in [2.75, 3.05) is 19.6 Å². The summed E-state index contributed by atoms with van der Waals surface area (Å²) in [7, 11) is 0. The number of nitrogens with zero attached hydrogens (tertiary/aromatic N) is 1. The number of rotatable bonds is 5. The number of benzene rings is 2. The zero-order valence-corrected chi connectivity index (χ0v) is 13.0. The molecular weight excluding hydrogens is 291 g/mol. The quantitative estimate of drug-likeness (QED) is 0.918. The lowest BCUT2D eigenvalue weighted by Crippen LogP contribution is -2.37. The maximum Gasteiger partial charge on any atom is 0.251 e. The maximum atomic E-state index is 13.0. The smallest absolute Gasteiger partial charge is 0.251 e. The standard InChI is InChI=1S/C19H21FN2O/c20-17-10-8-16(9-11-17)19(23)21-18(14-22-12-4-5-13-22)15-6-2-1-3-7-15/h1-3,6-11,18H,4-5,12-14H2,(H,21,23). The Hall–Kier alpha value is -2.20. The van der Waals surface area contributed by atoms with E-state index >= 15 is 0 Å². The largest absolute Gasteiger partial charge is 0.344 e. The lowest BCUT2D eigenvalue weighted by Gasteiger charge is -2.25. The van der Waals surface area contributed by atoms with Crippen molar-refractivity contribution in [3.8, 4) is 0 Å². The Kier molecular flexibility index (Phi) is 5.03. The molecule has 0 radical (unpaired) electrons. The van der Waals surface area contributed by atoms with Crippen LogP contribution in [0.1, 0.15) is 34.8 Å². The summed E-state index contributed by atoms with van der Waals surface area (Å²) in [6.07, 6.45) is 2.43.